The van der Waals surface area contributed by atoms with Crippen LogP contribution in [0.4, 0.5) is 0 Å². The summed E-state index contributed by atoms with van der Waals surface area (Å²) in [6.45, 7) is 1.51. The van der Waals surface area contributed by atoms with E-state index >= 15 is 0 Å². The quantitative estimate of drug-likeness (QED) is 0.540. The van der Waals surface area contributed by atoms with Crippen LogP contribution in [0.1, 0.15) is 12.8 Å². The minimum Gasteiger partial charge on any atom is -0.381 e. The largest absolute Gasteiger partial charge is 0.381 e. The predicted octanol–water partition coefficient (Wildman–Crippen LogP) is 1.54. The summed E-state index contributed by atoms with van der Waals surface area (Å²) in [5.41, 5.74) is 0. The molecule has 0 aliphatic carbocycles. The summed E-state index contributed by atoms with van der Waals surface area (Å²) in [7, 11) is 1.66. The van der Waals surface area contributed by atoms with Gasteiger partial charge in [-0.25, -0.2) is 8.42 Å². The second-order valence-corrected chi connectivity index (χ2v) is 5.93. The van der Waals surface area contributed by atoms with Gasteiger partial charge in [-0.2, -0.15) is 0 Å². The van der Waals surface area contributed by atoms with Crippen molar-refractivity contribution in [3.05, 3.63) is 12.2 Å². The summed E-state index contributed by atoms with van der Waals surface area (Å²) in [6, 6.07) is 0. The van der Waals surface area contributed by atoms with Crippen LogP contribution in [-0.2, 0) is 13.8 Å². The van der Waals surface area contributed by atoms with Gasteiger partial charge in [0.1, 0.15) is 0 Å². The fourth-order valence-corrected chi connectivity index (χ4v) is 1.84. The topological polar surface area (TPSA) is 43.4 Å². The number of hydrogen-bond acceptors (Lipinski definition) is 3. The standard InChI is InChI=1S/C8H13ClO3S/c9-13(10,11)6-2-4-8-3-1-5-12-7-8/h2,4,8H,1,3,5-7H2/b4-2+. The Balaban J connectivity index is 2.30. The third kappa shape index (κ3) is 5.29. The average molecular weight is 225 g/mol. The summed E-state index contributed by atoms with van der Waals surface area (Å²) >= 11 is 0. The molecule has 1 unspecified atom stereocenters. The van der Waals surface area contributed by atoms with E-state index in [0.29, 0.717) is 12.5 Å². The SMILES string of the molecule is O=S(=O)(Cl)C/C=C/C1CCCOC1. The third-order valence-electron chi connectivity index (χ3n) is 1.90. The van der Waals surface area contributed by atoms with Crippen molar-refractivity contribution in [1.82, 2.24) is 0 Å². The number of hydrogen-bond donors (Lipinski definition) is 0. The predicted molar refractivity (Wildman–Crippen MR) is 52.3 cm³/mol. The van der Waals surface area contributed by atoms with E-state index in [-0.39, 0.29) is 5.75 Å². The summed E-state index contributed by atoms with van der Waals surface area (Å²) in [6.07, 6.45) is 5.59. The van der Waals surface area contributed by atoms with Crippen LogP contribution < -0.4 is 0 Å². The minimum atomic E-state index is -3.38. The molecule has 1 rings (SSSR count). The van der Waals surface area contributed by atoms with Crippen LogP contribution in [0.15, 0.2) is 12.2 Å². The van der Waals surface area contributed by atoms with Gasteiger partial charge in [0.25, 0.3) is 0 Å². The first-order chi connectivity index (χ1) is 6.08. The molecular formula is C8H13ClO3S. The van der Waals surface area contributed by atoms with E-state index in [1.54, 1.807) is 6.08 Å². The lowest BCUT2D eigenvalue weighted by Crippen LogP contribution is -2.15. The van der Waals surface area contributed by atoms with Gasteiger partial charge in [-0.15, -0.1) is 0 Å². The van der Waals surface area contributed by atoms with Crippen LogP contribution in [0.2, 0.25) is 0 Å². The van der Waals surface area contributed by atoms with Crippen LogP contribution in [-0.4, -0.2) is 27.4 Å². The highest BCUT2D eigenvalue weighted by molar-refractivity contribution is 8.13. The highest BCUT2D eigenvalue weighted by atomic mass is 35.7. The molecule has 0 aromatic carbocycles. The highest BCUT2D eigenvalue weighted by Crippen LogP contribution is 2.14. The molecule has 1 atom stereocenters. The lowest BCUT2D eigenvalue weighted by molar-refractivity contribution is 0.0710. The Bertz CT molecular complexity index is 265. The molecule has 1 heterocycles. The Kier molecular flexibility index (Phi) is 4.22. The fraction of sp³-hybridized carbons (Fsp3) is 0.750. The molecule has 0 bridgehead atoms. The normalized spacial score (nSPS) is 25.2. The molecule has 1 aliphatic rings. The molecule has 0 radical (unpaired) electrons. The molecule has 1 saturated heterocycles. The molecule has 1 fully saturated rings. The van der Waals surface area contributed by atoms with E-state index in [9.17, 15) is 8.42 Å². The maximum atomic E-state index is 10.6. The Morgan fingerprint density at radius 3 is 2.85 bits per heavy atom. The van der Waals surface area contributed by atoms with E-state index < -0.39 is 9.05 Å². The van der Waals surface area contributed by atoms with Gasteiger partial charge in [0.05, 0.1) is 12.4 Å². The number of ether oxygens (including phenoxy) is 1. The zero-order valence-electron chi connectivity index (χ0n) is 7.28. The van der Waals surface area contributed by atoms with E-state index in [2.05, 4.69) is 0 Å². The van der Waals surface area contributed by atoms with Crippen LogP contribution in [0.5, 0.6) is 0 Å². The Morgan fingerprint density at radius 1 is 1.54 bits per heavy atom. The molecule has 0 amide bonds. The maximum Gasteiger partial charge on any atom is 0.236 e. The Morgan fingerprint density at radius 2 is 2.31 bits per heavy atom. The summed E-state index contributed by atoms with van der Waals surface area (Å²) < 4.78 is 26.3. The molecule has 3 nitrogen and oxygen atoms in total. The van der Waals surface area contributed by atoms with E-state index in [0.717, 1.165) is 19.4 Å². The maximum absolute atomic E-state index is 10.6. The molecule has 0 spiro atoms. The van der Waals surface area contributed by atoms with Gasteiger partial charge in [0.15, 0.2) is 0 Å². The molecule has 76 valence electrons. The van der Waals surface area contributed by atoms with Gasteiger partial charge in [-0.3, -0.25) is 0 Å². The summed E-state index contributed by atoms with van der Waals surface area (Å²) in [4.78, 5) is 0. The van der Waals surface area contributed by atoms with Crippen LogP contribution >= 0.6 is 10.7 Å². The summed E-state index contributed by atoms with van der Waals surface area (Å²) in [5.74, 6) is 0.262. The van der Waals surface area contributed by atoms with Crippen molar-refractivity contribution in [3.8, 4) is 0 Å². The second-order valence-electron chi connectivity index (χ2n) is 3.11. The van der Waals surface area contributed by atoms with Gasteiger partial charge >= 0.3 is 0 Å². The van der Waals surface area contributed by atoms with Crippen LogP contribution in [0.3, 0.4) is 0 Å². The molecular weight excluding hydrogens is 212 g/mol. The lowest BCUT2D eigenvalue weighted by Gasteiger charge is -2.18. The molecule has 0 aromatic rings. The van der Waals surface area contributed by atoms with E-state index in [1.165, 1.54) is 0 Å². The van der Waals surface area contributed by atoms with E-state index in [1.807, 2.05) is 6.08 Å². The van der Waals surface area contributed by atoms with E-state index in [4.69, 9.17) is 15.4 Å². The minimum absolute atomic E-state index is 0.0922. The van der Waals surface area contributed by atoms with Gasteiger partial charge in [-0.1, -0.05) is 12.2 Å². The Labute approximate surface area is 83.1 Å². The van der Waals surface area contributed by atoms with Crippen molar-refractivity contribution in [1.29, 1.82) is 0 Å². The first-order valence-corrected chi connectivity index (χ1v) is 6.72. The zero-order chi connectivity index (χ0) is 9.73. The van der Waals surface area contributed by atoms with Crippen molar-refractivity contribution in [2.75, 3.05) is 19.0 Å². The fourth-order valence-electron chi connectivity index (χ4n) is 1.28. The average Bonchev–Trinajstić information content (AvgIpc) is 2.04. The third-order valence-corrected chi connectivity index (χ3v) is 2.87. The smallest absolute Gasteiger partial charge is 0.236 e. The highest BCUT2D eigenvalue weighted by Gasteiger charge is 2.10. The van der Waals surface area contributed by atoms with Gasteiger partial charge < -0.3 is 4.74 Å². The van der Waals surface area contributed by atoms with Crippen molar-refractivity contribution < 1.29 is 13.2 Å². The molecule has 0 saturated carbocycles. The lowest BCUT2D eigenvalue weighted by atomic mass is 10.0. The number of halogens is 1. The monoisotopic (exact) mass is 224 g/mol. The summed E-state index contributed by atoms with van der Waals surface area (Å²) in [5, 5.41) is 0. The Hall–Kier alpha value is -0.0600. The van der Waals surface area contributed by atoms with Crippen molar-refractivity contribution >= 4 is 19.7 Å². The molecule has 5 heteroatoms. The van der Waals surface area contributed by atoms with Crippen LogP contribution in [0, 0.1) is 5.92 Å². The zero-order valence-corrected chi connectivity index (χ0v) is 8.85. The molecule has 1 aliphatic heterocycles. The second kappa shape index (κ2) is 4.98. The van der Waals surface area contributed by atoms with Gasteiger partial charge in [0, 0.05) is 23.2 Å². The van der Waals surface area contributed by atoms with Crippen molar-refractivity contribution in [2.24, 2.45) is 5.92 Å². The van der Waals surface area contributed by atoms with Gasteiger partial charge in [0.2, 0.25) is 9.05 Å². The van der Waals surface area contributed by atoms with Gasteiger partial charge in [-0.05, 0) is 12.8 Å². The molecule has 0 N–H and O–H groups in total. The number of rotatable bonds is 3. The first kappa shape index (κ1) is 11.0. The van der Waals surface area contributed by atoms with Crippen LogP contribution in [0.25, 0.3) is 0 Å². The molecule has 13 heavy (non-hydrogen) atoms. The van der Waals surface area contributed by atoms with Crippen molar-refractivity contribution in [2.45, 2.75) is 12.8 Å². The van der Waals surface area contributed by atoms with Crippen molar-refractivity contribution in [3.63, 3.8) is 0 Å². The first-order valence-electron chi connectivity index (χ1n) is 4.25. The molecule has 0 aromatic heterocycles.